The third kappa shape index (κ3) is 7.53. The fourth-order valence-electron chi connectivity index (χ4n) is 4.47. The molecule has 36 heavy (non-hydrogen) atoms. The summed E-state index contributed by atoms with van der Waals surface area (Å²) in [5, 5.41) is 4.05. The van der Waals surface area contributed by atoms with E-state index in [1.54, 1.807) is 30.0 Å². The van der Waals surface area contributed by atoms with Gasteiger partial charge in [0.1, 0.15) is 6.04 Å². The predicted molar refractivity (Wildman–Crippen MR) is 144 cm³/mol. The molecule has 8 heteroatoms. The Morgan fingerprint density at radius 1 is 1.03 bits per heavy atom. The van der Waals surface area contributed by atoms with Crippen LogP contribution in [0.4, 0.5) is 0 Å². The van der Waals surface area contributed by atoms with E-state index < -0.39 is 6.04 Å². The van der Waals surface area contributed by atoms with Crippen LogP contribution in [0.2, 0.25) is 10.0 Å². The first-order chi connectivity index (χ1) is 17.3. The lowest BCUT2D eigenvalue weighted by Crippen LogP contribution is -2.49. The van der Waals surface area contributed by atoms with Crippen LogP contribution in [-0.4, -0.2) is 42.0 Å². The molecule has 2 amide bonds. The van der Waals surface area contributed by atoms with Crippen LogP contribution >= 0.6 is 23.2 Å². The Morgan fingerprint density at radius 2 is 1.67 bits per heavy atom. The van der Waals surface area contributed by atoms with Crippen LogP contribution in [0.15, 0.2) is 36.4 Å². The highest BCUT2D eigenvalue weighted by molar-refractivity contribution is 6.36. The number of nitrogens with one attached hydrogen (secondary N) is 1. The van der Waals surface area contributed by atoms with Gasteiger partial charge in [0.25, 0.3) is 0 Å². The fourth-order valence-corrected chi connectivity index (χ4v) is 4.99. The lowest BCUT2D eigenvalue weighted by atomic mass is 10.1. The number of nitrogens with zero attached hydrogens (tertiary/aromatic N) is 1. The summed E-state index contributed by atoms with van der Waals surface area (Å²) in [6.07, 6.45) is 4.90. The van der Waals surface area contributed by atoms with Gasteiger partial charge < -0.3 is 19.7 Å². The summed E-state index contributed by atoms with van der Waals surface area (Å²) >= 11 is 12.8. The first-order valence-electron chi connectivity index (χ1n) is 12.7. The van der Waals surface area contributed by atoms with Crippen molar-refractivity contribution in [3.63, 3.8) is 0 Å². The van der Waals surface area contributed by atoms with Gasteiger partial charge in [0, 0.05) is 34.6 Å². The smallest absolute Gasteiger partial charge is 0.242 e. The summed E-state index contributed by atoms with van der Waals surface area (Å²) in [5.74, 6) is 1.04. The molecule has 2 aromatic rings. The molecule has 0 unspecified atom stereocenters. The average molecular weight is 536 g/mol. The van der Waals surface area contributed by atoms with Gasteiger partial charge >= 0.3 is 0 Å². The zero-order valence-electron chi connectivity index (χ0n) is 21.3. The molecule has 0 aliphatic heterocycles. The monoisotopic (exact) mass is 534 g/mol. The maximum Gasteiger partial charge on any atom is 0.242 e. The Bertz CT molecular complexity index is 1020. The van der Waals surface area contributed by atoms with Crippen LogP contribution in [0.5, 0.6) is 11.5 Å². The van der Waals surface area contributed by atoms with Gasteiger partial charge in [-0.3, -0.25) is 9.59 Å². The molecule has 1 fully saturated rings. The SMILES string of the molecule is CCOc1ccc(CCC(=O)N(Cc2c(Cl)cccc2Cl)[C@H](C)C(=O)NC2CCCC2)cc1OCC. The third-order valence-corrected chi connectivity index (χ3v) is 7.20. The summed E-state index contributed by atoms with van der Waals surface area (Å²) in [4.78, 5) is 28.2. The first-order valence-corrected chi connectivity index (χ1v) is 13.5. The fraction of sp³-hybridized carbons (Fsp3) is 0.500. The minimum absolute atomic E-state index is 0.146. The van der Waals surface area contributed by atoms with E-state index in [1.165, 1.54) is 0 Å². The van der Waals surface area contributed by atoms with Crippen LogP contribution in [0.3, 0.4) is 0 Å². The zero-order valence-corrected chi connectivity index (χ0v) is 22.8. The van der Waals surface area contributed by atoms with Gasteiger partial charge in [0.15, 0.2) is 11.5 Å². The minimum Gasteiger partial charge on any atom is -0.490 e. The van der Waals surface area contributed by atoms with Crippen LogP contribution in [-0.2, 0) is 22.6 Å². The number of carbonyl (C=O) groups is 2. The second-order valence-electron chi connectivity index (χ2n) is 9.03. The molecule has 0 heterocycles. The van der Waals surface area contributed by atoms with Crippen molar-refractivity contribution >= 4 is 35.0 Å². The summed E-state index contributed by atoms with van der Waals surface area (Å²) in [6.45, 7) is 6.82. The molecular formula is C28H36Cl2N2O4. The third-order valence-electron chi connectivity index (χ3n) is 6.49. The number of ether oxygens (including phenoxy) is 2. The highest BCUT2D eigenvalue weighted by Crippen LogP contribution is 2.30. The van der Waals surface area contributed by atoms with Gasteiger partial charge in [-0.15, -0.1) is 0 Å². The van der Waals surface area contributed by atoms with Crippen molar-refractivity contribution in [1.82, 2.24) is 10.2 Å². The number of benzene rings is 2. The molecule has 1 saturated carbocycles. The predicted octanol–water partition coefficient (Wildman–Crippen LogP) is 6.20. The topological polar surface area (TPSA) is 67.9 Å². The van der Waals surface area contributed by atoms with E-state index in [0.717, 1.165) is 31.2 Å². The van der Waals surface area contributed by atoms with Gasteiger partial charge in [0.2, 0.25) is 11.8 Å². The summed E-state index contributed by atoms with van der Waals surface area (Å²) in [5.41, 5.74) is 1.59. The molecule has 196 valence electrons. The van der Waals surface area contributed by atoms with E-state index in [4.69, 9.17) is 32.7 Å². The van der Waals surface area contributed by atoms with Gasteiger partial charge in [-0.25, -0.2) is 0 Å². The Hall–Kier alpha value is -2.44. The second kappa shape index (κ2) is 13.8. The average Bonchev–Trinajstić information content (AvgIpc) is 3.37. The van der Waals surface area contributed by atoms with Gasteiger partial charge in [-0.1, -0.05) is 48.2 Å². The van der Waals surface area contributed by atoms with E-state index in [9.17, 15) is 9.59 Å². The highest BCUT2D eigenvalue weighted by atomic mass is 35.5. The van der Waals surface area contributed by atoms with Crippen LogP contribution < -0.4 is 14.8 Å². The quantitative estimate of drug-likeness (QED) is 0.352. The van der Waals surface area contributed by atoms with Crippen LogP contribution in [0.25, 0.3) is 0 Å². The van der Waals surface area contributed by atoms with Crippen molar-refractivity contribution in [3.8, 4) is 11.5 Å². The molecule has 6 nitrogen and oxygen atoms in total. The van der Waals surface area contributed by atoms with Crippen molar-refractivity contribution in [2.75, 3.05) is 13.2 Å². The Kier molecular flexibility index (Phi) is 10.7. The van der Waals surface area contributed by atoms with Crippen LogP contribution in [0, 0.1) is 0 Å². The first kappa shape index (κ1) is 28.1. The van der Waals surface area contributed by atoms with E-state index in [0.29, 0.717) is 46.7 Å². The molecular weight excluding hydrogens is 499 g/mol. The number of hydrogen-bond donors (Lipinski definition) is 1. The standard InChI is InChI=1S/C28H36Cl2N2O4/c1-4-35-25-15-13-20(17-26(25)36-5-2)14-16-27(33)32(18-22-23(29)11-8-12-24(22)30)19(3)28(34)31-21-9-6-7-10-21/h8,11-13,15,17,19,21H,4-7,9-10,14,16,18H2,1-3H3,(H,31,34)/t19-/m1/s1. The maximum atomic E-state index is 13.5. The number of hydrogen-bond acceptors (Lipinski definition) is 4. The molecule has 0 saturated heterocycles. The Labute approximate surface area is 224 Å². The Balaban J connectivity index is 1.77. The molecule has 1 aliphatic rings. The molecule has 0 bridgehead atoms. The van der Waals surface area contributed by atoms with E-state index in [-0.39, 0.29) is 30.8 Å². The molecule has 3 rings (SSSR count). The maximum absolute atomic E-state index is 13.5. The second-order valence-corrected chi connectivity index (χ2v) is 9.85. The van der Waals surface area contributed by atoms with Gasteiger partial charge in [-0.2, -0.15) is 0 Å². The van der Waals surface area contributed by atoms with E-state index in [2.05, 4.69) is 5.32 Å². The van der Waals surface area contributed by atoms with Crippen molar-refractivity contribution in [2.24, 2.45) is 0 Å². The van der Waals surface area contributed by atoms with Gasteiger partial charge in [0.05, 0.1) is 13.2 Å². The lowest BCUT2D eigenvalue weighted by molar-refractivity contribution is -0.140. The molecule has 1 N–H and O–H groups in total. The molecule has 0 radical (unpaired) electrons. The number of rotatable bonds is 12. The minimum atomic E-state index is -0.662. The normalized spacial score (nSPS) is 14.4. The van der Waals surface area contributed by atoms with Crippen LogP contribution in [0.1, 0.15) is 64.0 Å². The largest absolute Gasteiger partial charge is 0.490 e. The number of carbonyl (C=O) groups excluding carboxylic acids is 2. The van der Waals surface area contributed by atoms with E-state index in [1.807, 2.05) is 32.0 Å². The van der Waals surface area contributed by atoms with Crippen molar-refractivity contribution in [2.45, 2.75) is 77.9 Å². The van der Waals surface area contributed by atoms with Crippen molar-refractivity contribution in [3.05, 3.63) is 57.6 Å². The number of amides is 2. The Morgan fingerprint density at radius 3 is 2.31 bits per heavy atom. The summed E-state index contributed by atoms with van der Waals surface area (Å²) in [6, 6.07) is 10.5. The molecule has 0 aromatic heterocycles. The highest BCUT2D eigenvalue weighted by Gasteiger charge is 2.29. The zero-order chi connectivity index (χ0) is 26.1. The molecule has 2 aromatic carbocycles. The lowest BCUT2D eigenvalue weighted by Gasteiger charge is -2.30. The number of halogens is 2. The van der Waals surface area contributed by atoms with Crippen molar-refractivity contribution < 1.29 is 19.1 Å². The number of aryl methyl sites for hydroxylation is 1. The molecule has 0 spiro atoms. The van der Waals surface area contributed by atoms with E-state index >= 15 is 0 Å². The summed E-state index contributed by atoms with van der Waals surface area (Å²) in [7, 11) is 0. The molecule has 1 aliphatic carbocycles. The van der Waals surface area contributed by atoms with Gasteiger partial charge in [-0.05, 0) is 69.9 Å². The van der Waals surface area contributed by atoms with Crippen molar-refractivity contribution in [1.29, 1.82) is 0 Å². The summed E-state index contributed by atoms with van der Waals surface area (Å²) < 4.78 is 11.4. The molecule has 1 atom stereocenters.